The molecule has 0 radical (unpaired) electrons. The van der Waals surface area contributed by atoms with Crippen molar-refractivity contribution in [3.63, 3.8) is 0 Å². The average Bonchev–Trinajstić information content (AvgIpc) is 3.05. The fraction of sp³-hybridized carbons (Fsp3) is 0.227. The van der Waals surface area contributed by atoms with Gasteiger partial charge in [0, 0.05) is 20.4 Å². The van der Waals surface area contributed by atoms with E-state index in [9.17, 15) is 0 Å². The zero-order chi connectivity index (χ0) is 21.5. The minimum absolute atomic E-state index is 0.169. The van der Waals surface area contributed by atoms with Crippen LogP contribution >= 0.6 is 35.0 Å². The molecule has 0 aliphatic heterocycles. The highest BCUT2D eigenvalue weighted by molar-refractivity contribution is 7.99. The zero-order valence-electron chi connectivity index (χ0n) is 16.6. The van der Waals surface area contributed by atoms with Gasteiger partial charge in [-0.15, -0.1) is 18.3 Å². The molecule has 0 aliphatic carbocycles. The van der Waals surface area contributed by atoms with Crippen LogP contribution in [0.4, 0.5) is 0 Å². The molecule has 154 valence electrons. The number of hydrogen-bond acceptors (Lipinski definition) is 3. The smallest absolute Gasteiger partial charge is 0.0840 e. The summed E-state index contributed by atoms with van der Waals surface area (Å²) in [6.07, 6.45) is 3.99. The number of azide groups is 1. The van der Waals surface area contributed by atoms with Crippen molar-refractivity contribution in [1.29, 1.82) is 0 Å². The lowest BCUT2D eigenvalue weighted by atomic mass is 10.1. The Hall–Kier alpha value is -2.37. The number of benzene rings is 2. The van der Waals surface area contributed by atoms with Crippen molar-refractivity contribution < 1.29 is 0 Å². The largest absolute Gasteiger partial charge is 0.231 e. The summed E-state index contributed by atoms with van der Waals surface area (Å²) in [5, 5.41) is 9.50. The standard InChI is InChI=1S/C22H21Cl2N5S/c1-3-4-7-12-30-21-9-6-5-8-17(21)22-15(2)19(14-26-28-25)27-29(22)20-11-10-16(23)13-18(20)24/h3,5-6,8-11,13H,1,4,7,12,14H2,2H3. The molecule has 0 amide bonds. The van der Waals surface area contributed by atoms with E-state index < -0.39 is 0 Å². The Labute approximate surface area is 190 Å². The first kappa shape index (κ1) is 22.3. The third kappa shape index (κ3) is 5.02. The van der Waals surface area contributed by atoms with Gasteiger partial charge in [-0.05, 0) is 60.9 Å². The maximum absolute atomic E-state index is 8.77. The molecule has 0 saturated carbocycles. The summed E-state index contributed by atoms with van der Waals surface area (Å²) in [6.45, 7) is 5.95. The molecule has 5 nitrogen and oxygen atoms in total. The Morgan fingerprint density at radius 2 is 2.07 bits per heavy atom. The van der Waals surface area contributed by atoms with E-state index in [1.165, 1.54) is 0 Å². The van der Waals surface area contributed by atoms with Crippen LogP contribution in [-0.2, 0) is 6.54 Å². The molecule has 0 unspecified atom stereocenters. The van der Waals surface area contributed by atoms with Gasteiger partial charge in [0.1, 0.15) is 0 Å². The predicted molar refractivity (Wildman–Crippen MR) is 127 cm³/mol. The molecule has 2 aromatic carbocycles. The lowest BCUT2D eigenvalue weighted by Gasteiger charge is -2.14. The lowest BCUT2D eigenvalue weighted by Crippen LogP contribution is -2.01. The summed E-state index contributed by atoms with van der Waals surface area (Å²) in [5.74, 6) is 0.990. The van der Waals surface area contributed by atoms with Crippen molar-refractivity contribution in [3.05, 3.63) is 86.9 Å². The minimum atomic E-state index is 0.169. The molecule has 1 aromatic heterocycles. The van der Waals surface area contributed by atoms with Crippen molar-refractivity contribution in [1.82, 2.24) is 9.78 Å². The number of thioether (sulfide) groups is 1. The zero-order valence-corrected chi connectivity index (χ0v) is 18.9. The van der Waals surface area contributed by atoms with Gasteiger partial charge in [-0.3, -0.25) is 0 Å². The number of halogens is 2. The van der Waals surface area contributed by atoms with Crippen molar-refractivity contribution in [2.45, 2.75) is 31.2 Å². The van der Waals surface area contributed by atoms with Gasteiger partial charge in [0.05, 0.1) is 28.6 Å². The molecule has 0 spiro atoms. The number of unbranched alkanes of at least 4 members (excludes halogenated alkanes) is 1. The van der Waals surface area contributed by atoms with Crippen molar-refractivity contribution in [2.75, 3.05) is 5.75 Å². The first-order valence-electron chi connectivity index (χ1n) is 9.44. The van der Waals surface area contributed by atoms with Gasteiger partial charge in [-0.2, -0.15) is 5.10 Å². The molecule has 0 saturated heterocycles. The normalized spacial score (nSPS) is 10.6. The van der Waals surface area contributed by atoms with Crippen LogP contribution in [0.2, 0.25) is 10.0 Å². The van der Waals surface area contributed by atoms with Crippen molar-refractivity contribution in [2.24, 2.45) is 5.11 Å². The van der Waals surface area contributed by atoms with Gasteiger partial charge in [-0.1, -0.05) is 52.6 Å². The van der Waals surface area contributed by atoms with E-state index in [1.807, 2.05) is 35.9 Å². The van der Waals surface area contributed by atoms with Crippen LogP contribution in [0, 0.1) is 6.92 Å². The average molecular weight is 458 g/mol. The monoisotopic (exact) mass is 457 g/mol. The topological polar surface area (TPSA) is 66.6 Å². The number of hydrogen-bond donors (Lipinski definition) is 0. The number of rotatable bonds is 9. The van der Waals surface area contributed by atoms with Crippen LogP contribution in [0.5, 0.6) is 0 Å². The fourth-order valence-electron chi connectivity index (χ4n) is 3.13. The number of allylic oxidation sites excluding steroid dienone is 1. The summed E-state index contributed by atoms with van der Waals surface area (Å²) in [7, 11) is 0. The van der Waals surface area contributed by atoms with E-state index >= 15 is 0 Å². The van der Waals surface area contributed by atoms with Gasteiger partial charge in [0.15, 0.2) is 0 Å². The molecular formula is C22H21Cl2N5S. The van der Waals surface area contributed by atoms with Crippen LogP contribution in [0.3, 0.4) is 0 Å². The van der Waals surface area contributed by atoms with E-state index in [4.69, 9.17) is 33.8 Å². The van der Waals surface area contributed by atoms with Crippen LogP contribution in [0.15, 0.2) is 65.1 Å². The summed E-state index contributed by atoms with van der Waals surface area (Å²) in [5.41, 5.74) is 13.1. The van der Waals surface area contributed by atoms with Crippen LogP contribution in [-0.4, -0.2) is 15.5 Å². The highest BCUT2D eigenvalue weighted by atomic mass is 35.5. The van der Waals surface area contributed by atoms with Gasteiger partial charge in [-0.25, -0.2) is 4.68 Å². The molecule has 0 fully saturated rings. The molecule has 0 atom stereocenters. The molecular weight excluding hydrogens is 437 g/mol. The molecule has 0 aliphatic rings. The maximum Gasteiger partial charge on any atom is 0.0840 e. The van der Waals surface area contributed by atoms with Crippen LogP contribution < -0.4 is 0 Å². The molecule has 3 rings (SSSR count). The quantitative estimate of drug-likeness (QED) is 0.0814. The third-order valence-corrected chi connectivity index (χ3v) is 6.29. The molecule has 0 bridgehead atoms. The molecule has 30 heavy (non-hydrogen) atoms. The highest BCUT2D eigenvalue weighted by Crippen LogP contribution is 2.38. The van der Waals surface area contributed by atoms with Gasteiger partial charge < -0.3 is 0 Å². The van der Waals surface area contributed by atoms with Crippen LogP contribution in [0.1, 0.15) is 24.1 Å². The second-order valence-electron chi connectivity index (χ2n) is 6.59. The number of aromatic nitrogens is 2. The molecule has 0 N–H and O–H groups in total. The van der Waals surface area contributed by atoms with E-state index in [-0.39, 0.29) is 6.54 Å². The third-order valence-electron chi connectivity index (χ3n) is 4.59. The minimum Gasteiger partial charge on any atom is -0.231 e. The first-order chi connectivity index (χ1) is 14.6. The summed E-state index contributed by atoms with van der Waals surface area (Å²) in [4.78, 5) is 4.04. The van der Waals surface area contributed by atoms with E-state index in [0.29, 0.717) is 15.7 Å². The SMILES string of the molecule is C=CCCCSc1ccccc1-c1c(C)c(CN=[N+]=[N-])nn1-c1ccc(Cl)cc1Cl. The van der Waals surface area contributed by atoms with E-state index in [2.05, 4.69) is 28.7 Å². The Bertz CT molecular complexity index is 1100. The Balaban J connectivity index is 2.15. The van der Waals surface area contributed by atoms with Gasteiger partial charge >= 0.3 is 0 Å². The first-order valence-corrected chi connectivity index (χ1v) is 11.2. The van der Waals surface area contributed by atoms with Gasteiger partial charge in [0.2, 0.25) is 0 Å². The second kappa shape index (κ2) is 10.6. The van der Waals surface area contributed by atoms with Crippen molar-refractivity contribution >= 4 is 35.0 Å². The summed E-state index contributed by atoms with van der Waals surface area (Å²) in [6, 6.07) is 13.6. The molecule has 1 heterocycles. The Kier molecular flexibility index (Phi) is 7.88. The van der Waals surface area contributed by atoms with Crippen molar-refractivity contribution in [3.8, 4) is 16.9 Å². The lowest BCUT2D eigenvalue weighted by molar-refractivity contribution is 0.834. The fourth-order valence-corrected chi connectivity index (χ4v) is 4.65. The van der Waals surface area contributed by atoms with E-state index in [1.54, 1.807) is 23.9 Å². The Morgan fingerprint density at radius 3 is 2.80 bits per heavy atom. The Morgan fingerprint density at radius 1 is 1.27 bits per heavy atom. The van der Waals surface area contributed by atoms with Gasteiger partial charge in [0.25, 0.3) is 0 Å². The molecule has 8 heteroatoms. The maximum atomic E-state index is 8.77. The number of nitrogens with zero attached hydrogens (tertiary/aromatic N) is 5. The van der Waals surface area contributed by atoms with Crippen LogP contribution in [0.25, 0.3) is 27.4 Å². The molecule has 3 aromatic rings. The summed E-state index contributed by atoms with van der Waals surface area (Å²) < 4.78 is 1.82. The van der Waals surface area contributed by atoms with E-state index in [0.717, 1.165) is 46.0 Å². The summed E-state index contributed by atoms with van der Waals surface area (Å²) >= 11 is 14.4. The highest BCUT2D eigenvalue weighted by Gasteiger charge is 2.20. The second-order valence-corrected chi connectivity index (χ2v) is 8.57. The predicted octanol–water partition coefficient (Wildman–Crippen LogP) is 8.02.